The number of para-hydroxylation sites is 1. The van der Waals surface area contributed by atoms with Gasteiger partial charge in [0, 0.05) is 11.9 Å². The Kier molecular flexibility index (Phi) is 4.74. The lowest BCUT2D eigenvalue weighted by molar-refractivity contribution is 0.104. The summed E-state index contributed by atoms with van der Waals surface area (Å²) in [5.41, 5.74) is 1.47. The molecule has 1 aliphatic heterocycles. The first-order valence-corrected chi connectivity index (χ1v) is 10.7. The van der Waals surface area contributed by atoms with Gasteiger partial charge in [-0.15, -0.1) is 11.3 Å². The number of fused-ring (bicyclic) bond motifs is 1. The number of nitrogens with one attached hydrogen (secondary N) is 1. The number of hydrogen-bond donors (Lipinski definition) is 1. The first kappa shape index (κ1) is 18.4. The highest BCUT2D eigenvalue weighted by molar-refractivity contribution is 7.97. The standard InChI is InChI=1S/C20H15FN2O3S2/c21-15-6-4-5-14(11-15)13-23-17-9-10-27-20(17)19(24)18(28(23,25)26)12-22-16-7-2-1-3-8-16/h1-12,22H,13H2. The van der Waals surface area contributed by atoms with Crippen LogP contribution in [-0.4, -0.2) is 14.2 Å². The summed E-state index contributed by atoms with van der Waals surface area (Å²) in [6, 6.07) is 16.3. The topological polar surface area (TPSA) is 66.5 Å². The maximum Gasteiger partial charge on any atom is 0.270 e. The molecular weight excluding hydrogens is 399 g/mol. The number of thiophene rings is 1. The second kappa shape index (κ2) is 7.21. The van der Waals surface area contributed by atoms with E-state index in [-0.39, 0.29) is 11.4 Å². The van der Waals surface area contributed by atoms with Crippen LogP contribution in [0.3, 0.4) is 0 Å². The molecule has 5 nitrogen and oxygen atoms in total. The minimum atomic E-state index is -4.11. The number of sulfonamides is 1. The minimum Gasteiger partial charge on any atom is -0.360 e. The molecule has 2 aromatic carbocycles. The molecule has 8 heteroatoms. The molecule has 3 aromatic rings. The summed E-state index contributed by atoms with van der Waals surface area (Å²) in [4.78, 5) is 12.8. The Bertz CT molecular complexity index is 1170. The average molecular weight is 414 g/mol. The van der Waals surface area contributed by atoms with Crippen molar-refractivity contribution in [2.24, 2.45) is 0 Å². The van der Waals surface area contributed by atoms with Crippen molar-refractivity contribution < 1.29 is 17.6 Å². The van der Waals surface area contributed by atoms with Crippen LogP contribution in [0.15, 0.2) is 77.1 Å². The molecule has 2 heterocycles. The molecule has 4 rings (SSSR count). The molecule has 0 atom stereocenters. The Balaban J connectivity index is 1.76. The van der Waals surface area contributed by atoms with E-state index in [9.17, 15) is 17.6 Å². The van der Waals surface area contributed by atoms with Crippen LogP contribution >= 0.6 is 11.3 Å². The van der Waals surface area contributed by atoms with Crippen molar-refractivity contribution >= 4 is 38.5 Å². The van der Waals surface area contributed by atoms with Crippen LogP contribution in [0, 0.1) is 5.82 Å². The van der Waals surface area contributed by atoms with Crippen molar-refractivity contribution in [3.63, 3.8) is 0 Å². The summed E-state index contributed by atoms with van der Waals surface area (Å²) in [5.74, 6) is -1.00. The number of allylic oxidation sites excluding steroid dienone is 1. The number of nitrogens with zero attached hydrogens (tertiary/aromatic N) is 1. The molecule has 1 aliphatic rings. The van der Waals surface area contributed by atoms with Gasteiger partial charge in [-0.3, -0.25) is 9.10 Å². The van der Waals surface area contributed by atoms with Crippen LogP contribution in [0.2, 0.25) is 0 Å². The number of carbonyl (C=O) groups excluding carboxylic acids is 1. The highest BCUT2D eigenvalue weighted by Crippen LogP contribution is 2.39. The van der Waals surface area contributed by atoms with E-state index < -0.39 is 21.6 Å². The van der Waals surface area contributed by atoms with Crippen molar-refractivity contribution in [2.75, 3.05) is 9.62 Å². The summed E-state index contributed by atoms with van der Waals surface area (Å²) in [6.45, 7) is -0.0697. The lowest BCUT2D eigenvalue weighted by Gasteiger charge is -2.29. The second-order valence-corrected chi connectivity index (χ2v) is 8.87. The van der Waals surface area contributed by atoms with Crippen molar-refractivity contribution in [2.45, 2.75) is 6.54 Å². The van der Waals surface area contributed by atoms with E-state index in [0.29, 0.717) is 21.8 Å². The van der Waals surface area contributed by atoms with Crippen LogP contribution in [-0.2, 0) is 16.6 Å². The number of Topliss-reactive ketones (excluding diaryl/α,β-unsaturated/α-hetero) is 1. The second-order valence-electron chi connectivity index (χ2n) is 6.12. The third kappa shape index (κ3) is 3.32. The molecule has 0 saturated heterocycles. The Morgan fingerprint density at radius 3 is 2.61 bits per heavy atom. The largest absolute Gasteiger partial charge is 0.360 e. The average Bonchev–Trinajstić information content (AvgIpc) is 3.15. The predicted octanol–water partition coefficient (Wildman–Crippen LogP) is 4.37. The molecule has 1 N–H and O–H groups in total. The molecule has 28 heavy (non-hydrogen) atoms. The molecule has 0 saturated carbocycles. The maximum absolute atomic E-state index is 13.6. The van der Waals surface area contributed by atoms with Crippen LogP contribution < -0.4 is 9.62 Å². The fraction of sp³-hybridized carbons (Fsp3) is 0.0500. The van der Waals surface area contributed by atoms with Crippen molar-refractivity contribution in [3.05, 3.63) is 93.4 Å². The van der Waals surface area contributed by atoms with Gasteiger partial charge in [-0.05, 0) is 41.3 Å². The van der Waals surface area contributed by atoms with Gasteiger partial charge in [0.25, 0.3) is 10.0 Å². The quantitative estimate of drug-likeness (QED) is 0.644. The fourth-order valence-electron chi connectivity index (χ4n) is 2.94. The summed E-state index contributed by atoms with van der Waals surface area (Å²) < 4.78 is 41.1. The van der Waals surface area contributed by atoms with Gasteiger partial charge in [-0.1, -0.05) is 30.3 Å². The zero-order valence-corrected chi connectivity index (χ0v) is 16.1. The summed E-state index contributed by atoms with van der Waals surface area (Å²) in [7, 11) is -4.11. The van der Waals surface area contributed by atoms with Crippen molar-refractivity contribution in [1.82, 2.24) is 0 Å². The molecule has 0 radical (unpaired) electrons. The molecule has 0 spiro atoms. The highest BCUT2D eigenvalue weighted by Gasteiger charge is 2.41. The molecule has 0 unspecified atom stereocenters. The number of anilines is 2. The number of ketones is 1. The summed E-state index contributed by atoms with van der Waals surface area (Å²) in [6.07, 6.45) is 1.22. The highest BCUT2D eigenvalue weighted by atomic mass is 32.2. The van der Waals surface area contributed by atoms with Gasteiger partial charge in [0.2, 0.25) is 5.78 Å². The molecule has 0 bridgehead atoms. The zero-order valence-electron chi connectivity index (χ0n) is 14.5. The van der Waals surface area contributed by atoms with Gasteiger partial charge in [-0.2, -0.15) is 0 Å². The Morgan fingerprint density at radius 1 is 1.07 bits per heavy atom. The van der Waals surface area contributed by atoms with E-state index in [4.69, 9.17) is 0 Å². The van der Waals surface area contributed by atoms with Gasteiger partial charge in [-0.25, -0.2) is 12.8 Å². The van der Waals surface area contributed by atoms with Gasteiger partial charge in [0.1, 0.15) is 10.7 Å². The van der Waals surface area contributed by atoms with Gasteiger partial charge < -0.3 is 5.32 Å². The van der Waals surface area contributed by atoms with E-state index in [1.165, 1.54) is 35.7 Å². The predicted molar refractivity (Wildman–Crippen MR) is 108 cm³/mol. The first-order valence-electron chi connectivity index (χ1n) is 8.38. The molecule has 0 fully saturated rings. The van der Waals surface area contributed by atoms with E-state index in [2.05, 4.69) is 5.32 Å². The van der Waals surface area contributed by atoms with Crippen LogP contribution in [0.25, 0.3) is 0 Å². The smallest absolute Gasteiger partial charge is 0.270 e. The zero-order chi connectivity index (χ0) is 19.7. The molecule has 0 aliphatic carbocycles. The number of benzene rings is 2. The first-order chi connectivity index (χ1) is 13.5. The van der Waals surface area contributed by atoms with E-state index in [1.807, 2.05) is 6.07 Å². The number of carbonyl (C=O) groups is 1. The number of halogens is 1. The van der Waals surface area contributed by atoms with Crippen molar-refractivity contribution in [1.29, 1.82) is 0 Å². The van der Waals surface area contributed by atoms with Crippen LogP contribution in [0.1, 0.15) is 15.2 Å². The molecule has 142 valence electrons. The van der Waals surface area contributed by atoms with Crippen molar-refractivity contribution in [3.8, 4) is 0 Å². The Hall–Kier alpha value is -2.97. The third-order valence-electron chi connectivity index (χ3n) is 4.27. The minimum absolute atomic E-state index is 0.0697. The van der Waals surface area contributed by atoms with E-state index >= 15 is 0 Å². The SMILES string of the molecule is O=C1C(=CNc2ccccc2)S(=O)(=O)N(Cc2cccc(F)c2)c2ccsc21. The fourth-order valence-corrected chi connectivity index (χ4v) is 5.42. The lowest BCUT2D eigenvalue weighted by atomic mass is 10.2. The summed E-state index contributed by atoms with van der Waals surface area (Å²) >= 11 is 1.18. The molecular formula is C20H15FN2O3S2. The molecule has 1 aromatic heterocycles. The number of rotatable bonds is 4. The monoisotopic (exact) mass is 414 g/mol. The summed E-state index contributed by atoms with van der Waals surface area (Å²) in [5, 5.41) is 4.54. The Labute approximate surface area is 165 Å². The normalized spacial score (nSPS) is 16.8. The van der Waals surface area contributed by atoms with E-state index in [0.717, 1.165) is 4.31 Å². The van der Waals surface area contributed by atoms with Crippen LogP contribution in [0.5, 0.6) is 0 Å². The number of hydrogen-bond acceptors (Lipinski definition) is 5. The molecule has 0 amide bonds. The van der Waals surface area contributed by atoms with Gasteiger partial charge in [0.05, 0.1) is 12.2 Å². The van der Waals surface area contributed by atoms with E-state index in [1.54, 1.807) is 41.8 Å². The maximum atomic E-state index is 13.6. The van der Waals surface area contributed by atoms with Gasteiger partial charge in [0.15, 0.2) is 4.91 Å². The Morgan fingerprint density at radius 2 is 1.86 bits per heavy atom. The lowest BCUT2D eigenvalue weighted by Crippen LogP contribution is -2.38. The third-order valence-corrected chi connectivity index (χ3v) is 6.94. The van der Waals surface area contributed by atoms with Crippen LogP contribution in [0.4, 0.5) is 15.8 Å². The van der Waals surface area contributed by atoms with Gasteiger partial charge >= 0.3 is 0 Å².